The van der Waals surface area contributed by atoms with E-state index in [0.29, 0.717) is 13.1 Å². The van der Waals surface area contributed by atoms with Crippen LogP contribution in [0.15, 0.2) is 0 Å². The Bertz CT molecular complexity index is 376. The molecule has 0 saturated carbocycles. The molecule has 0 radical (unpaired) electrons. The number of alkyl halides is 2. The second-order valence-corrected chi connectivity index (χ2v) is 5.32. The maximum absolute atomic E-state index is 13.1. The van der Waals surface area contributed by atoms with Gasteiger partial charge in [-0.3, -0.25) is 14.9 Å². The SMILES string of the molecule is CC(=O)NC1CCCN(C(=O)C2CC(F)(F)CN2)C1. The van der Waals surface area contributed by atoms with Crippen molar-refractivity contribution in [3.05, 3.63) is 0 Å². The lowest BCUT2D eigenvalue weighted by molar-refractivity contribution is -0.135. The first-order chi connectivity index (χ1) is 8.87. The van der Waals surface area contributed by atoms with Gasteiger partial charge in [0.25, 0.3) is 5.92 Å². The monoisotopic (exact) mass is 275 g/mol. The van der Waals surface area contributed by atoms with Crippen LogP contribution < -0.4 is 10.6 Å². The molecule has 0 aliphatic carbocycles. The quantitative estimate of drug-likeness (QED) is 0.752. The third kappa shape index (κ3) is 3.62. The van der Waals surface area contributed by atoms with Crippen LogP contribution in [-0.4, -0.2) is 54.4 Å². The third-order valence-electron chi connectivity index (χ3n) is 3.55. The summed E-state index contributed by atoms with van der Waals surface area (Å²) in [6.07, 6.45) is 1.16. The summed E-state index contributed by atoms with van der Waals surface area (Å²) < 4.78 is 26.2. The highest BCUT2D eigenvalue weighted by atomic mass is 19.3. The number of hydrogen-bond acceptors (Lipinski definition) is 3. The minimum atomic E-state index is -2.80. The lowest BCUT2D eigenvalue weighted by Gasteiger charge is -2.34. The van der Waals surface area contributed by atoms with Crippen molar-refractivity contribution in [1.29, 1.82) is 0 Å². The number of nitrogens with one attached hydrogen (secondary N) is 2. The van der Waals surface area contributed by atoms with Crippen LogP contribution in [0.1, 0.15) is 26.2 Å². The van der Waals surface area contributed by atoms with E-state index in [1.807, 2.05) is 0 Å². The van der Waals surface area contributed by atoms with Gasteiger partial charge in [0, 0.05) is 32.5 Å². The summed E-state index contributed by atoms with van der Waals surface area (Å²) in [5, 5.41) is 5.34. The molecular weight excluding hydrogens is 256 g/mol. The Morgan fingerprint density at radius 1 is 1.42 bits per heavy atom. The molecule has 2 atom stereocenters. The van der Waals surface area contributed by atoms with Crippen molar-refractivity contribution in [3.63, 3.8) is 0 Å². The topological polar surface area (TPSA) is 61.4 Å². The van der Waals surface area contributed by atoms with Crippen molar-refractivity contribution in [3.8, 4) is 0 Å². The van der Waals surface area contributed by atoms with E-state index < -0.39 is 24.9 Å². The molecule has 2 heterocycles. The summed E-state index contributed by atoms with van der Waals surface area (Å²) in [7, 11) is 0. The zero-order valence-electron chi connectivity index (χ0n) is 10.9. The van der Waals surface area contributed by atoms with Crippen molar-refractivity contribution in [2.45, 2.75) is 44.2 Å². The number of carbonyl (C=O) groups is 2. The Morgan fingerprint density at radius 3 is 2.74 bits per heavy atom. The van der Waals surface area contributed by atoms with E-state index in [2.05, 4.69) is 10.6 Å². The first kappa shape index (κ1) is 14.2. The van der Waals surface area contributed by atoms with Gasteiger partial charge >= 0.3 is 0 Å². The Morgan fingerprint density at radius 2 is 2.16 bits per heavy atom. The van der Waals surface area contributed by atoms with Gasteiger partial charge in [-0.15, -0.1) is 0 Å². The van der Waals surface area contributed by atoms with Crippen LogP contribution in [0.2, 0.25) is 0 Å². The van der Waals surface area contributed by atoms with Gasteiger partial charge in [-0.1, -0.05) is 0 Å². The smallest absolute Gasteiger partial charge is 0.262 e. The molecule has 7 heteroatoms. The molecule has 108 valence electrons. The van der Waals surface area contributed by atoms with Gasteiger partial charge in [0.2, 0.25) is 11.8 Å². The highest BCUT2D eigenvalue weighted by molar-refractivity contribution is 5.82. The van der Waals surface area contributed by atoms with Gasteiger partial charge < -0.3 is 10.2 Å². The zero-order valence-corrected chi connectivity index (χ0v) is 10.9. The molecule has 5 nitrogen and oxygen atoms in total. The van der Waals surface area contributed by atoms with Gasteiger partial charge in [0.1, 0.15) is 0 Å². The predicted molar refractivity (Wildman–Crippen MR) is 64.8 cm³/mol. The van der Waals surface area contributed by atoms with Gasteiger partial charge in [0.05, 0.1) is 12.6 Å². The van der Waals surface area contributed by atoms with Crippen LogP contribution in [0.4, 0.5) is 8.78 Å². The number of amides is 2. The first-order valence-electron chi connectivity index (χ1n) is 6.54. The highest BCUT2D eigenvalue weighted by Crippen LogP contribution is 2.26. The summed E-state index contributed by atoms with van der Waals surface area (Å²) in [6, 6.07) is -0.872. The number of piperidine rings is 1. The Labute approximate surface area is 110 Å². The van der Waals surface area contributed by atoms with Crippen LogP contribution in [-0.2, 0) is 9.59 Å². The number of halogens is 2. The predicted octanol–water partition coefficient (Wildman–Crippen LogP) is 0.111. The van der Waals surface area contributed by atoms with Crippen molar-refractivity contribution < 1.29 is 18.4 Å². The van der Waals surface area contributed by atoms with Crippen molar-refractivity contribution in [2.24, 2.45) is 0 Å². The first-order valence-corrected chi connectivity index (χ1v) is 6.54. The maximum Gasteiger partial charge on any atom is 0.262 e. The number of rotatable bonds is 2. The number of likely N-dealkylation sites (tertiary alicyclic amines) is 1. The second-order valence-electron chi connectivity index (χ2n) is 5.32. The normalized spacial score (nSPS) is 30.2. The van der Waals surface area contributed by atoms with Crippen molar-refractivity contribution in [1.82, 2.24) is 15.5 Å². The van der Waals surface area contributed by atoms with Crippen LogP contribution in [0.5, 0.6) is 0 Å². The van der Waals surface area contributed by atoms with Crippen molar-refractivity contribution >= 4 is 11.8 Å². The lowest BCUT2D eigenvalue weighted by atomic mass is 10.0. The molecule has 2 unspecified atom stereocenters. The molecule has 2 aliphatic rings. The molecule has 2 rings (SSSR count). The molecule has 2 N–H and O–H groups in total. The van der Waals surface area contributed by atoms with E-state index in [1.165, 1.54) is 6.92 Å². The number of nitrogens with zero attached hydrogens (tertiary/aromatic N) is 1. The van der Waals surface area contributed by atoms with E-state index in [9.17, 15) is 18.4 Å². The summed E-state index contributed by atoms with van der Waals surface area (Å²) in [6.45, 7) is 1.97. The van der Waals surface area contributed by atoms with Crippen LogP contribution in [0.25, 0.3) is 0 Å². The molecule has 0 spiro atoms. The Hall–Kier alpha value is -1.24. The minimum absolute atomic E-state index is 0.0721. The summed E-state index contributed by atoms with van der Waals surface area (Å²) >= 11 is 0. The summed E-state index contributed by atoms with van der Waals surface area (Å²) in [5.41, 5.74) is 0. The molecule has 0 aromatic heterocycles. The highest BCUT2D eigenvalue weighted by Gasteiger charge is 2.44. The molecule has 2 amide bonds. The molecule has 0 aromatic rings. The molecule has 19 heavy (non-hydrogen) atoms. The minimum Gasteiger partial charge on any atom is -0.352 e. The summed E-state index contributed by atoms with van der Waals surface area (Å²) in [4.78, 5) is 24.7. The summed E-state index contributed by atoms with van der Waals surface area (Å²) in [5.74, 6) is -3.22. The average Bonchev–Trinajstić information content (AvgIpc) is 2.68. The fourth-order valence-corrected chi connectivity index (χ4v) is 2.69. The fourth-order valence-electron chi connectivity index (χ4n) is 2.69. The van der Waals surface area contributed by atoms with Gasteiger partial charge in [-0.25, -0.2) is 8.78 Å². The second kappa shape index (κ2) is 5.40. The fraction of sp³-hybridized carbons (Fsp3) is 0.833. The molecule has 2 fully saturated rings. The largest absolute Gasteiger partial charge is 0.352 e. The molecular formula is C12H19F2N3O2. The Kier molecular flexibility index (Phi) is 4.03. The molecule has 2 aliphatic heterocycles. The Balaban J connectivity index is 1.90. The van der Waals surface area contributed by atoms with Gasteiger partial charge in [-0.05, 0) is 12.8 Å². The van der Waals surface area contributed by atoms with Gasteiger partial charge in [0.15, 0.2) is 0 Å². The van der Waals surface area contributed by atoms with E-state index in [1.54, 1.807) is 4.90 Å². The van der Waals surface area contributed by atoms with Crippen LogP contribution in [0, 0.1) is 0 Å². The van der Waals surface area contributed by atoms with E-state index in [0.717, 1.165) is 12.8 Å². The average molecular weight is 275 g/mol. The molecule has 2 saturated heterocycles. The number of hydrogen-bond donors (Lipinski definition) is 2. The third-order valence-corrected chi connectivity index (χ3v) is 3.55. The van der Waals surface area contributed by atoms with E-state index in [-0.39, 0.29) is 17.9 Å². The van der Waals surface area contributed by atoms with Gasteiger partial charge in [-0.2, -0.15) is 0 Å². The zero-order chi connectivity index (χ0) is 14.0. The standard InChI is InChI=1S/C12H19F2N3O2/c1-8(18)16-9-3-2-4-17(6-9)11(19)10-5-12(13,14)7-15-10/h9-10,15H,2-7H2,1H3,(H,16,18). The maximum atomic E-state index is 13.1. The van der Waals surface area contributed by atoms with Crippen LogP contribution >= 0.6 is 0 Å². The van der Waals surface area contributed by atoms with Crippen LogP contribution in [0.3, 0.4) is 0 Å². The van der Waals surface area contributed by atoms with Crippen molar-refractivity contribution in [2.75, 3.05) is 19.6 Å². The lowest BCUT2D eigenvalue weighted by Crippen LogP contribution is -2.53. The van der Waals surface area contributed by atoms with E-state index in [4.69, 9.17) is 0 Å². The van der Waals surface area contributed by atoms with E-state index >= 15 is 0 Å². The molecule has 0 aromatic carbocycles. The molecule has 0 bridgehead atoms. The number of carbonyl (C=O) groups excluding carboxylic acids is 2.